The van der Waals surface area contributed by atoms with Crippen LogP contribution in [0.2, 0.25) is 0 Å². The summed E-state index contributed by atoms with van der Waals surface area (Å²) in [6.45, 7) is 8.85. The standard InChI is InChI=1S/C17H29N3O2/c1-13(2)7-8-19-17(18)20-12-15-6-5-14(3)11-16(15)22-10-9-21-4/h5-6,11,13H,7-10,12H2,1-4H3,(H3,18,19,20). The third-order valence-electron chi connectivity index (χ3n) is 3.22. The van der Waals surface area contributed by atoms with Crippen LogP contribution in [0.4, 0.5) is 0 Å². The van der Waals surface area contributed by atoms with E-state index in [2.05, 4.69) is 30.2 Å². The average molecular weight is 307 g/mol. The molecule has 22 heavy (non-hydrogen) atoms. The molecule has 0 atom stereocenters. The van der Waals surface area contributed by atoms with Gasteiger partial charge in [0, 0.05) is 19.2 Å². The third-order valence-corrected chi connectivity index (χ3v) is 3.22. The highest BCUT2D eigenvalue weighted by molar-refractivity contribution is 5.77. The Kier molecular flexibility index (Phi) is 8.36. The Morgan fingerprint density at radius 2 is 2.09 bits per heavy atom. The van der Waals surface area contributed by atoms with E-state index in [-0.39, 0.29) is 0 Å². The Morgan fingerprint density at radius 3 is 2.77 bits per heavy atom. The summed E-state index contributed by atoms with van der Waals surface area (Å²) in [4.78, 5) is 4.38. The maximum atomic E-state index is 5.89. The molecule has 0 fully saturated rings. The van der Waals surface area contributed by atoms with E-state index in [1.54, 1.807) is 7.11 Å². The molecule has 1 rings (SSSR count). The van der Waals surface area contributed by atoms with Crippen LogP contribution in [0.1, 0.15) is 31.4 Å². The van der Waals surface area contributed by atoms with E-state index in [4.69, 9.17) is 15.2 Å². The molecule has 1 aromatic carbocycles. The average Bonchev–Trinajstić information content (AvgIpc) is 2.46. The molecule has 5 heteroatoms. The smallest absolute Gasteiger partial charge is 0.188 e. The number of benzene rings is 1. The number of rotatable bonds is 9. The van der Waals surface area contributed by atoms with Crippen LogP contribution in [-0.2, 0) is 11.3 Å². The van der Waals surface area contributed by atoms with Crippen LogP contribution in [-0.4, -0.2) is 32.8 Å². The first-order valence-electron chi connectivity index (χ1n) is 7.78. The maximum absolute atomic E-state index is 5.89. The fourth-order valence-corrected chi connectivity index (χ4v) is 1.88. The highest BCUT2D eigenvalue weighted by Crippen LogP contribution is 2.21. The molecule has 0 aromatic heterocycles. The number of nitrogens with two attached hydrogens (primary N) is 1. The molecular formula is C17H29N3O2. The van der Waals surface area contributed by atoms with Crippen LogP contribution in [0.5, 0.6) is 5.75 Å². The van der Waals surface area contributed by atoms with Crippen LogP contribution in [0.25, 0.3) is 0 Å². The van der Waals surface area contributed by atoms with Crippen LogP contribution in [0.15, 0.2) is 23.2 Å². The molecule has 0 aliphatic carbocycles. The lowest BCUT2D eigenvalue weighted by Gasteiger charge is -2.12. The molecule has 0 aliphatic heterocycles. The lowest BCUT2D eigenvalue weighted by atomic mass is 10.1. The van der Waals surface area contributed by atoms with E-state index in [9.17, 15) is 0 Å². The van der Waals surface area contributed by atoms with Crippen molar-refractivity contribution in [2.75, 3.05) is 26.9 Å². The zero-order valence-electron chi connectivity index (χ0n) is 14.2. The van der Waals surface area contributed by atoms with Crippen molar-refractivity contribution in [2.45, 2.75) is 33.7 Å². The van der Waals surface area contributed by atoms with Gasteiger partial charge in [-0.2, -0.15) is 0 Å². The summed E-state index contributed by atoms with van der Waals surface area (Å²) in [6.07, 6.45) is 1.08. The largest absolute Gasteiger partial charge is 0.491 e. The SMILES string of the molecule is COCCOc1cc(C)ccc1CN=C(N)NCCC(C)C. The van der Waals surface area contributed by atoms with E-state index < -0.39 is 0 Å². The number of aryl methyl sites for hydroxylation is 1. The van der Waals surface area contributed by atoms with Gasteiger partial charge < -0.3 is 20.5 Å². The van der Waals surface area contributed by atoms with Crippen LogP contribution in [0, 0.1) is 12.8 Å². The minimum absolute atomic E-state index is 0.476. The topological polar surface area (TPSA) is 68.9 Å². The van der Waals surface area contributed by atoms with Crippen molar-refractivity contribution in [3.8, 4) is 5.75 Å². The highest BCUT2D eigenvalue weighted by atomic mass is 16.5. The first kappa shape index (κ1) is 18.3. The summed E-state index contributed by atoms with van der Waals surface area (Å²) in [5, 5.41) is 3.13. The second kappa shape index (κ2) is 10.1. The molecule has 0 bridgehead atoms. The molecule has 3 N–H and O–H groups in total. The summed E-state index contributed by atoms with van der Waals surface area (Å²) in [5.41, 5.74) is 8.07. The number of hydrogen-bond acceptors (Lipinski definition) is 3. The summed E-state index contributed by atoms with van der Waals surface area (Å²) in [6, 6.07) is 6.10. The van der Waals surface area contributed by atoms with Gasteiger partial charge in [-0.05, 0) is 30.9 Å². The molecule has 0 radical (unpaired) electrons. The summed E-state index contributed by atoms with van der Waals surface area (Å²) in [7, 11) is 1.66. The van der Waals surface area contributed by atoms with Gasteiger partial charge >= 0.3 is 0 Å². The fraction of sp³-hybridized carbons (Fsp3) is 0.588. The van der Waals surface area contributed by atoms with Crippen molar-refractivity contribution in [1.29, 1.82) is 0 Å². The molecule has 0 saturated carbocycles. The zero-order valence-corrected chi connectivity index (χ0v) is 14.2. The predicted octanol–water partition coefficient (Wildman–Crippen LogP) is 2.47. The summed E-state index contributed by atoms with van der Waals surface area (Å²) in [5.74, 6) is 1.97. The first-order valence-corrected chi connectivity index (χ1v) is 7.78. The summed E-state index contributed by atoms with van der Waals surface area (Å²) >= 11 is 0. The molecule has 0 spiro atoms. The van der Waals surface area contributed by atoms with Gasteiger partial charge in [-0.1, -0.05) is 26.0 Å². The lowest BCUT2D eigenvalue weighted by molar-refractivity contribution is 0.146. The van der Waals surface area contributed by atoms with Gasteiger partial charge in [0.1, 0.15) is 12.4 Å². The van der Waals surface area contributed by atoms with E-state index in [1.807, 2.05) is 19.1 Å². The minimum atomic E-state index is 0.476. The van der Waals surface area contributed by atoms with Crippen molar-refractivity contribution in [2.24, 2.45) is 16.6 Å². The minimum Gasteiger partial charge on any atom is -0.491 e. The van der Waals surface area contributed by atoms with Gasteiger partial charge in [0.2, 0.25) is 0 Å². The van der Waals surface area contributed by atoms with E-state index >= 15 is 0 Å². The highest BCUT2D eigenvalue weighted by Gasteiger charge is 2.04. The fourth-order valence-electron chi connectivity index (χ4n) is 1.88. The molecule has 124 valence electrons. The summed E-state index contributed by atoms with van der Waals surface area (Å²) < 4.78 is 10.8. The Labute approximate surface area is 133 Å². The third kappa shape index (κ3) is 7.31. The van der Waals surface area contributed by atoms with Gasteiger partial charge in [0.25, 0.3) is 0 Å². The number of aliphatic imine (C=N–C) groups is 1. The molecule has 1 aromatic rings. The van der Waals surface area contributed by atoms with E-state index in [0.717, 1.165) is 29.8 Å². The van der Waals surface area contributed by atoms with Crippen molar-refractivity contribution in [1.82, 2.24) is 5.32 Å². The van der Waals surface area contributed by atoms with Gasteiger partial charge in [-0.25, -0.2) is 4.99 Å². The Morgan fingerprint density at radius 1 is 1.32 bits per heavy atom. The molecule has 0 heterocycles. The van der Waals surface area contributed by atoms with E-state index in [0.29, 0.717) is 31.6 Å². The van der Waals surface area contributed by atoms with Gasteiger partial charge in [-0.15, -0.1) is 0 Å². The number of nitrogens with zero attached hydrogens (tertiary/aromatic N) is 1. The van der Waals surface area contributed by atoms with Crippen molar-refractivity contribution < 1.29 is 9.47 Å². The monoisotopic (exact) mass is 307 g/mol. The molecule has 0 saturated heterocycles. The van der Waals surface area contributed by atoms with Crippen LogP contribution in [0.3, 0.4) is 0 Å². The van der Waals surface area contributed by atoms with Crippen molar-refractivity contribution in [3.05, 3.63) is 29.3 Å². The second-order valence-corrected chi connectivity index (χ2v) is 5.76. The number of ether oxygens (including phenoxy) is 2. The second-order valence-electron chi connectivity index (χ2n) is 5.76. The van der Waals surface area contributed by atoms with Crippen molar-refractivity contribution in [3.63, 3.8) is 0 Å². The number of nitrogens with one attached hydrogen (secondary N) is 1. The molecule has 0 amide bonds. The molecule has 5 nitrogen and oxygen atoms in total. The van der Waals surface area contributed by atoms with Crippen molar-refractivity contribution >= 4 is 5.96 Å². The number of hydrogen-bond donors (Lipinski definition) is 2. The van der Waals surface area contributed by atoms with Gasteiger partial charge in [0.05, 0.1) is 13.2 Å². The quantitative estimate of drug-likeness (QED) is 0.418. The predicted molar refractivity (Wildman–Crippen MR) is 91.3 cm³/mol. The Bertz CT molecular complexity index is 473. The lowest BCUT2D eigenvalue weighted by Crippen LogP contribution is -2.32. The Hall–Kier alpha value is -1.75. The Balaban J connectivity index is 2.59. The normalized spacial score (nSPS) is 11.8. The molecular weight excluding hydrogens is 278 g/mol. The van der Waals surface area contributed by atoms with Gasteiger partial charge in [-0.3, -0.25) is 0 Å². The van der Waals surface area contributed by atoms with Crippen LogP contribution < -0.4 is 15.8 Å². The number of methoxy groups -OCH3 is 1. The van der Waals surface area contributed by atoms with Gasteiger partial charge in [0.15, 0.2) is 5.96 Å². The maximum Gasteiger partial charge on any atom is 0.188 e. The molecule has 0 unspecified atom stereocenters. The first-order chi connectivity index (χ1) is 10.5. The van der Waals surface area contributed by atoms with E-state index in [1.165, 1.54) is 0 Å². The number of guanidine groups is 1. The molecule has 0 aliphatic rings. The zero-order chi connectivity index (χ0) is 16.4. The van der Waals surface area contributed by atoms with Crippen LogP contribution >= 0.6 is 0 Å².